The summed E-state index contributed by atoms with van der Waals surface area (Å²) in [5, 5.41) is 10.3. The molecular weight excluding hydrogens is 307 g/mol. The van der Waals surface area contributed by atoms with Crippen LogP contribution in [0.5, 0.6) is 5.75 Å². The number of fused-ring (bicyclic) bond motifs is 3. The van der Waals surface area contributed by atoms with Crippen molar-refractivity contribution in [1.29, 1.82) is 0 Å². The van der Waals surface area contributed by atoms with Crippen LogP contribution in [0.1, 0.15) is 12.8 Å². The maximum atomic E-state index is 13.6. The van der Waals surface area contributed by atoms with Crippen LogP contribution in [0.25, 0.3) is 11.1 Å². The number of aliphatic hydroxyl groups excluding tert-OH is 1. The van der Waals surface area contributed by atoms with Crippen LogP contribution in [0.4, 0.5) is 0 Å². The van der Waals surface area contributed by atoms with Crippen LogP contribution in [0.15, 0.2) is 72.0 Å². The highest BCUT2D eigenvalue weighted by molar-refractivity contribution is 7.68. The molecule has 2 aromatic carbocycles. The molecule has 0 aromatic heterocycles. The van der Waals surface area contributed by atoms with Crippen LogP contribution in [0, 0.1) is 0 Å². The van der Waals surface area contributed by atoms with E-state index in [9.17, 15) is 9.67 Å². The van der Waals surface area contributed by atoms with Crippen molar-refractivity contribution in [2.45, 2.75) is 12.8 Å². The molecule has 4 heteroatoms. The van der Waals surface area contributed by atoms with Gasteiger partial charge in [0.1, 0.15) is 5.75 Å². The van der Waals surface area contributed by atoms with E-state index >= 15 is 0 Å². The Balaban J connectivity index is 1.80. The van der Waals surface area contributed by atoms with Gasteiger partial charge in [-0.1, -0.05) is 48.0 Å². The SMILES string of the molecule is O=P1(CC2=CC=C(O)CC2)Oc2ccccc2-c2ccccc21. The molecule has 0 amide bonds. The quantitative estimate of drug-likeness (QED) is 0.806. The molecule has 116 valence electrons. The second-order valence-electron chi connectivity index (χ2n) is 5.92. The fourth-order valence-corrected chi connectivity index (χ4v) is 5.64. The Kier molecular flexibility index (Phi) is 3.39. The highest BCUT2D eigenvalue weighted by atomic mass is 31.2. The summed E-state index contributed by atoms with van der Waals surface area (Å²) in [7, 11) is -3.00. The maximum Gasteiger partial charge on any atom is 0.281 e. The Morgan fingerprint density at radius 2 is 1.70 bits per heavy atom. The van der Waals surface area contributed by atoms with Gasteiger partial charge in [0.15, 0.2) is 0 Å². The van der Waals surface area contributed by atoms with Gasteiger partial charge >= 0.3 is 0 Å². The molecule has 2 aliphatic rings. The molecule has 1 unspecified atom stereocenters. The molecule has 1 heterocycles. The number of para-hydroxylation sites is 1. The lowest BCUT2D eigenvalue weighted by Gasteiger charge is -2.29. The third-order valence-electron chi connectivity index (χ3n) is 4.32. The van der Waals surface area contributed by atoms with E-state index < -0.39 is 7.37 Å². The highest BCUT2D eigenvalue weighted by Gasteiger charge is 2.36. The summed E-state index contributed by atoms with van der Waals surface area (Å²) in [5.74, 6) is 1.06. The number of rotatable bonds is 2. The summed E-state index contributed by atoms with van der Waals surface area (Å²) >= 11 is 0. The lowest BCUT2D eigenvalue weighted by atomic mass is 10.0. The van der Waals surface area contributed by atoms with Crippen LogP contribution in [0.3, 0.4) is 0 Å². The van der Waals surface area contributed by atoms with E-state index in [2.05, 4.69) is 0 Å². The predicted molar refractivity (Wildman–Crippen MR) is 92.6 cm³/mol. The number of hydrogen-bond donors (Lipinski definition) is 1. The van der Waals surface area contributed by atoms with Gasteiger partial charge in [-0.15, -0.1) is 0 Å². The fourth-order valence-electron chi connectivity index (χ4n) is 3.16. The van der Waals surface area contributed by atoms with E-state index in [1.54, 1.807) is 6.08 Å². The molecule has 1 aliphatic carbocycles. The topological polar surface area (TPSA) is 46.5 Å². The standard InChI is InChI=1S/C19H17O3P/c20-15-11-9-14(10-12-15)13-23(21)19-8-4-2-6-17(19)16-5-1-3-7-18(16)22-23/h1-9,11,20H,10,12-13H2. The van der Waals surface area contributed by atoms with Gasteiger partial charge in [-0.25, -0.2) is 0 Å². The Labute approximate surface area is 135 Å². The first-order valence-corrected chi connectivity index (χ1v) is 9.52. The summed E-state index contributed by atoms with van der Waals surface area (Å²) in [5.41, 5.74) is 3.04. The molecule has 0 saturated carbocycles. The first kappa shape index (κ1) is 14.3. The highest BCUT2D eigenvalue weighted by Crippen LogP contribution is 2.55. The number of hydrogen-bond acceptors (Lipinski definition) is 3. The Morgan fingerprint density at radius 1 is 0.957 bits per heavy atom. The van der Waals surface area contributed by atoms with Crippen molar-refractivity contribution in [3.8, 4) is 16.9 Å². The average molecular weight is 324 g/mol. The van der Waals surface area contributed by atoms with Crippen molar-refractivity contribution in [2.24, 2.45) is 0 Å². The monoisotopic (exact) mass is 324 g/mol. The molecule has 0 radical (unpaired) electrons. The molecule has 1 aliphatic heterocycles. The largest absolute Gasteiger partial charge is 0.512 e. The summed E-state index contributed by atoms with van der Waals surface area (Å²) in [6.45, 7) is 0. The molecule has 3 nitrogen and oxygen atoms in total. The van der Waals surface area contributed by atoms with E-state index in [0.717, 1.165) is 28.4 Å². The van der Waals surface area contributed by atoms with E-state index in [4.69, 9.17) is 4.52 Å². The zero-order valence-corrected chi connectivity index (χ0v) is 13.5. The van der Waals surface area contributed by atoms with Crippen LogP contribution in [-0.4, -0.2) is 11.3 Å². The fraction of sp³-hybridized carbons (Fsp3) is 0.158. The minimum atomic E-state index is -3.00. The van der Waals surface area contributed by atoms with Crippen molar-refractivity contribution < 1.29 is 14.2 Å². The third kappa shape index (κ3) is 2.51. The molecule has 0 bridgehead atoms. The molecular formula is C19H17O3P. The van der Waals surface area contributed by atoms with Crippen molar-refractivity contribution in [1.82, 2.24) is 0 Å². The Bertz CT molecular complexity index is 880. The number of benzene rings is 2. The third-order valence-corrected chi connectivity index (χ3v) is 6.76. The second-order valence-corrected chi connectivity index (χ2v) is 8.25. The molecule has 0 saturated heterocycles. The van der Waals surface area contributed by atoms with E-state index in [1.807, 2.05) is 54.6 Å². The van der Waals surface area contributed by atoms with Crippen molar-refractivity contribution in [3.63, 3.8) is 0 Å². The lowest BCUT2D eigenvalue weighted by Crippen LogP contribution is -2.20. The van der Waals surface area contributed by atoms with Crippen LogP contribution >= 0.6 is 7.37 Å². The summed E-state index contributed by atoms with van der Waals surface area (Å²) in [6.07, 6.45) is 5.27. The predicted octanol–water partition coefficient (Wildman–Crippen LogP) is 4.81. The normalized spacial score (nSPS) is 22.3. The minimum absolute atomic E-state index is 0.377. The van der Waals surface area contributed by atoms with Crippen molar-refractivity contribution in [2.75, 3.05) is 6.16 Å². The first-order chi connectivity index (χ1) is 11.2. The minimum Gasteiger partial charge on any atom is -0.512 e. The van der Waals surface area contributed by atoms with Crippen LogP contribution < -0.4 is 9.83 Å². The molecule has 1 atom stereocenters. The summed E-state index contributed by atoms with van der Waals surface area (Å²) < 4.78 is 19.6. The van der Waals surface area contributed by atoms with Gasteiger partial charge in [-0.3, -0.25) is 4.57 Å². The summed E-state index contributed by atoms with van der Waals surface area (Å²) in [6, 6.07) is 15.5. The molecule has 23 heavy (non-hydrogen) atoms. The van der Waals surface area contributed by atoms with Gasteiger partial charge in [0.2, 0.25) is 0 Å². The maximum absolute atomic E-state index is 13.6. The average Bonchev–Trinajstić information content (AvgIpc) is 2.57. The molecule has 0 fully saturated rings. The lowest BCUT2D eigenvalue weighted by molar-refractivity contribution is 0.385. The molecule has 1 N–H and O–H groups in total. The summed E-state index contributed by atoms with van der Waals surface area (Å²) in [4.78, 5) is 0. The van der Waals surface area contributed by atoms with Crippen molar-refractivity contribution in [3.05, 3.63) is 72.0 Å². The van der Waals surface area contributed by atoms with Crippen LogP contribution in [0.2, 0.25) is 0 Å². The molecule has 2 aromatic rings. The van der Waals surface area contributed by atoms with E-state index in [-0.39, 0.29) is 0 Å². The Hall–Kier alpha value is -2.25. The number of aliphatic hydroxyl groups is 1. The Morgan fingerprint density at radius 3 is 2.48 bits per heavy atom. The van der Waals surface area contributed by atoms with E-state index in [1.165, 1.54) is 0 Å². The molecule has 0 spiro atoms. The molecule has 4 rings (SSSR count). The van der Waals surface area contributed by atoms with Gasteiger partial charge in [0.25, 0.3) is 7.37 Å². The zero-order valence-electron chi connectivity index (χ0n) is 12.6. The van der Waals surface area contributed by atoms with E-state index in [0.29, 0.717) is 24.1 Å². The van der Waals surface area contributed by atoms with Gasteiger partial charge in [0, 0.05) is 12.0 Å². The van der Waals surface area contributed by atoms with Gasteiger partial charge in [-0.05, 0) is 30.2 Å². The number of allylic oxidation sites excluding steroid dienone is 4. The zero-order chi connectivity index (χ0) is 15.9. The van der Waals surface area contributed by atoms with Crippen LogP contribution in [-0.2, 0) is 4.57 Å². The van der Waals surface area contributed by atoms with Gasteiger partial charge in [-0.2, -0.15) is 0 Å². The smallest absolute Gasteiger partial charge is 0.281 e. The second kappa shape index (κ2) is 5.43. The van der Waals surface area contributed by atoms with Gasteiger partial charge < -0.3 is 9.63 Å². The van der Waals surface area contributed by atoms with Crippen molar-refractivity contribution >= 4 is 12.7 Å². The van der Waals surface area contributed by atoms with Gasteiger partial charge in [0.05, 0.1) is 17.2 Å². The first-order valence-electron chi connectivity index (χ1n) is 7.71.